The molecule has 0 saturated carbocycles. The summed E-state index contributed by atoms with van der Waals surface area (Å²) in [6.07, 6.45) is 0. The summed E-state index contributed by atoms with van der Waals surface area (Å²) in [4.78, 5) is 0. The largest absolute Gasteiger partial charge is 0.214 e. The van der Waals surface area contributed by atoms with E-state index in [2.05, 4.69) is 0 Å². The lowest BCUT2D eigenvalue weighted by Gasteiger charge is -2.14. The number of rotatable bonds is 4. The van der Waals surface area contributed by atoms with Gasteiger partial charge in [0.15, 0.2) is 0 Å². The molecule has 0 bridgehead atoms. The summed E-state index contributed by atoms with van der Waals surface area (Å²) >= 11 is 0. The van der Waals surface area contributed by atoms with Gasteiger partial charge >= 0.3 is 0 Å². The van der Waals surface area contributed by atoms with E-state index in [4.69, 9.17) is 5.26 Å². The fraction of sp³-hybridized carbons (Fsp3) is 0.833. The van der Waals surface area contributed by atoms with Crippen molar-refractivity contribution in [3.63, 3.8) is 0 Å². The van der Waals surface area contributed by atoms with Crippen molar-refractivity contribution in [3.05, 3.63) is 0 Å². The smallest absolute Gasteiger partial charge is 0.212 e. The molecule has 0 aromatic rings. The Bertz CT molecular complexity index is 240. The topological polar surface area (TPSA) is 61.2 Å². The van der Waals surface area contributed by atoms with Gasteiger partial charge in [-0.05, 0) is 6.92 Å². The fourth-order valence-electron chi connectivity index (χ4n) is 0.668. The lowest BCUT2D eigenvalue weighted by molar-refractivity contribution is 0.464. The van der Waals surface area contributed by atoms with Gasteiger partial charge in [-0.25, -0.2) is 8.42 Å². The number of nitriles is 1. The van der Waals surface area contributed by atoms with Crippen LogP contribution in [0.4, 0.5) is 0 Å². The molecule has 0 rings (SSSR count). The van der Waals surface area contributed by atoms with Crippen molar-refractivity contribution in [2.75, 3.05) is 18.8 Å². The highest BCUT2D eigenvalue weighted by Gasteiger charge is 2.16. The minimum atomic E-state index is -3.16. The molecule has 0 radical (unpaired) electrons. The number of sulfonamides is 1. The first-order valence-corrected chi connectivity index (χ1v) is 5.04. The third kappa shape index (κ3) is 2.87. The van der Waals surface area contributed by atoms with Crippen molar-refractivity contribution in [3.8, 4) is 6.07 Å². The van der Waals surface area contributed by atoms with Crippen LogP contribution in [-0.2, 0) is 10.0 Å². The van der Waals surface area contributed by atoms with E-state index in [0.29, 0.717) is 6.54 Å². The molecule has 64 valence electrons. The molecule has 0 N–H and O–H groups in total. The van der Waals surface area contributed by atoms with Crippen molar-refractivity contribution >= 4 is 10.0 Å². The zero-order valence-corrected chi connectivity index (χ0v) is 7.56. The Balaban J connectivity index is 4.40. The highest BCUT2D eigenvalue weighted by Crippen LogP contribution is 1.98. The molecular weight excluding hydrogens is 164 g/mol. The van der Waals surface area contributed by atoms with E-state index in [1.54, 1.807) is 19.9 Å². The summed E-state index contributed by atoms with van der Waals surface area (Å²) in [5.41, 5.74) is 0. The molecule has 0 unspecified atom stereocenters. The molecule has 0 aromatic heterocycles. The van der Waals surface area contributed by atoms with E-state index in [1.165, 1.54) is 0 Å². The Morgan fingerprint density at radius 1 is 1.45 bits per heavy atom. The second-order valence-electron chi connectivity index (χ2n) is 1.98. The maximum atomic E-state index is 11.1. The monoisotopic (exact) mass is 176 g/mol. The molecule has 0 aliphatic heterocycles. The average molecular weight is 176 g/mol. The predicted molar refractivity (Wildman–Crippen MR) is 42.3 cm³/mol. The van der Waals surface area contributed by atoms with E-state index in [-0.39, 0.29) is 12.3 Å². The summed E-state index contributed by atoms with van der Waals surface area (Å²) < 4.78 is 23.4. The van der Waals surface area contributed by atoms with E-state index >= 15 is 0 Å². The zero-order valence-electron chi connectivity index (χ0n) is 6.74. The van der Waals surface area contributed by atoms with Crippen LogP contribution in [0, 0.1) is 11.3 Å². The Kier molecular flexibility index (Phi) is 4.08. The van der Waals surface area contributed by atoms with Crippen molar-refractivity contribution in [1.29, 1.82) is 5.26 Å². The average Bonchev–Trinajstić information content (AvgIpc) is 2.00. The maximum absolute atomic E-state index is 11.1. The second-order valence-corrected chi connectivity index (χ2v) is 4.24. The standard InChI is InChI=1S/C6H12N2O2S/c1-3-8(6-5-7)11(9,10)4-2/h3-4,6H2,1-2H3. The van der Waals surface area contributed by atoms with Crippen molar-refractivity contribution < 1.29 is 8.42 Å². The highest BCUT2D eigenvalue weighted by molar-refractivity contribution is 7.89. The molecule has 0 aliphatic carbocycles. The lowest BCUT2D eigenvalue weighted by atomic mass is 10.6. The first-order valence-electron chi connectivity index (χ1n) is 3.43. The molecular formula is C6H12N2O2S. The van der Waals surface area contributed by atoms with Crippen molar-refractivity contribution in [1.82, 2.24) is 4.31 Å². The number of hydrogen-bond donors (Lipinski definition) is 0. The fourth-order valence-corrected chi connectivity index (χ4v) is 1.68. The second kappa shape index (κ2) is 4.31. The van der Waals surface area contributed by atoms with Gasteiger partial charge in [0.25, 0.3) is 0 Å². The number of nitrogens with zero attached hydrogens (tertiary/aromatic N) is 2. The van der Waals surface area contributed by atoms with Crippen LogP contribution in [0.1, 0.15) is 13.8 Å². The Morgan fingerprint density at radius 3 is 2.27 bits per heavy atom. The van der Waals surface area contributed by atoms with Crippen LogP contribution in [0.3, 0.4) is 0 Å². The first-order chi connectivity index (χ1) is 5.08. The summed E-state index contributed by atoms with van der Waals surface area (Å²) in [6.45, 7) is 3.59. The van der Waals surface area contributed by atoms with Gasteiger partial charge in [-0.3, -0.25) is 0 Å². The molecule has 0 spiro atoms. The van der Waals surface area contributed by atoms with Crippen LogP contribution >= 0.6 is 0 Å². The van der Waals surface area contributed by atoms with Crippen LogP contribution < -0.4 is 0 Å². The first kappa shape index (κ1) is 10.4. The van der Waals surface area contributed by atoms with Gasteiger partial charge < -0.3 is 0 Å². The van der Waals surface area contributed by atoms with Gasteiger partial charge in [0, 0.05) is 6.54 Å². The van der Waals surface area contributed by atoms with Crippen molar-refractivity contribution in [2.45, 2.75) is 13.8 Å². The van der Waals surface area contributed by atoms with Crippen LogP contribution in [0.2, 0.25) is 0 Å². The van der Waals surface area contributed by atoms with Crippen LogP contribution in [0.25, 0.3) is 0 Å². The molecule has 0 heterocycles. The third-order valence-electron chi connectivity index (χ3n) is 1.36. The minimum Gasteiger partial charge on any atom is -0.212 e. The summed E-state index contributed by atoms with van der Waals surface area (Å²) in [6, 6.07) is 1.81. The SMILES string of the molecule is CCN(CC#N)S(=O)(=O)CC. The molecule has 4 nitrogen and oxygen atoms in total. The van der Waals surface area contributed by atoms with Crippen molar-refractivity contribution in [2.24, 2.45) is 0 Å². The van der Waals surface area contributed by atoms with Crippen LogP contribution in [0.5, 0.6) is 0 Å². The molecule has 0 aromatic carbocycles. The molecule has 0 amide bonds. The Labute approximate surface area is 67.5 Å². The van der Waals surface area contributed by atoms with Gasteiger partial charge in [-0.2, -0.15) is 9.57 Å². The molecule has 0 saturated heterocycles. The van der Waals surface area contributed by atoms with Gasteiger partial charge in [-0.15, -0.1) is 0 Å². The van der Waals surface area contributed by atoms with E-state index in [1.807, 2.05) is 0 Å². The Morgan fingerprint density at radius 2 is 2.00 bits per heavy atom. The third-order valence-corrected chi connectivity index (χ3v) is 3.26. The van der Waals surface area contributed by atoms with Gasteiger partial charge in [0.1, 0.15) is 6.54 Å². The Hall–Kier alpha value is -0.600. The molecule has 0 fully saturated rings. The van der Waals surface area contributed by atoms with Crippen LogP contribution in [0.15, 0.2) is 0 Å². The molecule has 0 atom stereocenters. The summed E-state index contributed by atoms with van der Waals surface area (Å²) in [5, 5.41) is 8.27. The van der Waals surface area contributed by atoms with E-state index < -0.39 is 10.0 Å². The summed E-state index contributed by atoms with van der Waals surface area (Å²) in [5.74, 6) is 0.0581. The van der Waals surface area contributed by atoms with Gasteiger partial charge in [0.05, 0.1) is 11.8 Å². The van der Waals surface area contributed by atoms with Gasteiger partial charge in [-0.1, -0.05) is 6.92 Å². The molecule has 5 heteroatoms. The van der Waals surface area contributed by atoms with E-state index in [9.17, 15) is 8.42 Å². The molecule has 11 heavy (non-hydrogen) atoms. The minimum absolute atomic E-state index is 0.0489. The normalized spacial score (nSPS) is 11.5. The zero-order chi connectivity index (χ0) is 8.91. The highest BCUT2D eigenvalue weighted by atomic mass is 32.2. The summed E-state index contributed by atoms with van der Waals surface area (Å²) in [7, 11) is -3.16. The maximum Gasteiger partial charge on any atom is 0.214 e. The lowest BCUT2D eigenvalue weighted by Crippen LogP contribution is -2.32. The van der Waals surface area contributed by atoms with E-state index in [0.717, 1.165) is 4.31 Å². The quantitative estimate of drug-likeness (QED) is 0.574. The number of hydrogen-bond acceptors (Lipinski definition) is 3. The predicted octanol–water partition coefficient (Wildman–Crippen LogP) is 0.182. The van der Waals surface area contributed by atoms with Gasteiger partial charge in [0.2, 0.25) is 10.0 Å². The molecule has 0 aliphatic rings. The van der Waals surface area contributed by atoms with Crippen LogP contribution in [-0.4, -0.2) is 31.6 Å².